The van der Waals surface area contributed by atoms with Crippen molar-refractivity contribution in [3.05, 3.63) is 35.5 Å². The van der Waals surface area contributed by atoms with Crippen LogP contribution >= 0.6 is 0 Å². The molecule has 0 fully saturated rings. The minimum atomic E-state index is -0.189. The van der Waals surface area contributed by atoms with Gasteiger partial charge in [0.1, 0.15) is 0 Å². The molecule has 1 N–H and O–H groups in total. The summed E-state index contributed by atoms with van der Waals surface area (Å²) in [6, 6.07) is 5.25. The second-order valence-electron chi connectivity index (χ2n) is 5.70. The van der Waals surface area contributed by atoms with Crippen LogP contribution in [0.4, 0.5) is 0 Å². The summed E-state index contributed by atoms with van der Waals surface area (Å²) in [5, 5.41) is 13.0. The predicted molar refractivity (Wildman–Crippen MR) is 76.2 cm³/mol. The highest BCUT2D eigenvalue weighted by molar-refractivity contribution is 5.42. The molecule has 0 aliphatic rings. The normalized spacial score (nSPS) is 11.5. The van der Waals surface area contributed by atoms with Crippen LogP contribution in [0.1, 0.15) is 38.0 Å². The summed E-state index contributed by atoms with van der Waals surface area (Å²) in [5.41, 5.74) is 0.569. The van der Waals surface area contributed by atoms with Gasteiger partial charge < -0.3 is 19.1 Å². The molecule has 0 unspecified atom stereocenters. The van der Waals surface area contributed by atoms with Gasteiger partial charge in [0.05, 0.1) is 13.7 Å². The molecule has 6 nitrogen and oxygen atoms in total. The zero-order chi connectivity index (χ0) is 15.5. The standard InChI is InChI=1S/C15H20N2O4/c1-15(2,3)14-16-13(17-21-14)9-20-11-6-5-10(8-18)7-12(11)19-4/h5-7,18H,8-9H2,1-4H3. The molecule has 0 radical (unpaired) electrons. The van der Waals surface area contributed by atoms with Crippen molar-refractivity contribution in [2.24, 2.45) is 0 Å². The van der Waals surface area contributed by atoms with Crippen LogP contribution in [0.5, 0.6) is 11.5 Å². The molecule has 2 aromatic rings. The van der Waals surface area contributed by atoms with Gasteiger partial charge in [-0.2, -0.15) is 4.98 Å². The van der Waals surface area contributed by atoms with Crippen molar-refractivity contribution in [1.82, 2.24) is 10.1 Å². The molecule has 114 valence electrons. The number of hydrogen-bond acceptors (Lipinski definition) is 6. The van der Waals surface area contributed by atoms with E-state index in [1.807, 2.05) is 20.8 Å². The molecule has 0 atom stereocenters. The molecule has 21 heavy (non-hydrogen) atoms. The number of aliphatic hydroxyl groups is 1. The van der Waals surface area contributed by atoms with E-state index in [0.717, 1.165) is 5.56 Å². The summed E-state index contributed by atoms with van der Waals surface area (Å²) in [6.45, 7) is 6.15. The third-order valence-electron chi connectivity index (χ3n) is 2.88. The number of hydrogen-bond donors (Lipinski definition) is 1. The number of nitrogens with zero attached hydrogens (tertiary/aromatic N) is 2. The van der Waals surface area contributed by atoms with Crippen molar-refractivity contribution in [2.45, 2.75) is 39.4 Å². The molecular weight excluding hydrogens is 272 g/mol. The van der Waals surface area contributed by atoms with Gasteiger partial charge in [-0.15, -0.1) is 0 Å². The lowest BCUT2D eigenvalue weighted by Gasteiger charge is -2.11. The van der Waals surface area contributed by atoms with E-state index in [-0.39, 0.29) is 18.6 Å². The molecule has 0 saturated carbocycles. The first-order valence-corrected chi connectivity index (χ1v) is 6.67. The first-order chi connectivity index (χ1) is 9.94. The molecule has 2 rings (SSSR count). The summed E-state index contributed by atoms with van der Waals surface area (Å²) in [7, 11) is 1.55. The zero-order valence-electron chi connectivity index (χ0n) is 12.7. The molecule has 0 saturated heterocycles. The third kappa shape index (κ3) is 3.72. The molecule has 6 heteroatoms. The van der Waals surface area contributed by atoms with Gasteiger partial charge in [0, 0.05) is 5.41 Å². The number of benzene rings is 1. The fourth-order valence-corrected chi connectivity index (χ4v) is 1.69. The Kier molecular flexibility index (Phi) is 4.47. The van der Waals surface area contributed by atoms with E-state index in [1.54, 1.807) is 25.3 Å². The number of ether oxygens (including phenoxy) is 2. The second-order valence-corrected chi connectivity index (χ2v) is 5.70. The van der Waals surface area contributed by atoms with Gasteiger partial charge in [0.25, 0.3) is 0 Å². The molecule has 1 aromatic heterocycles. The number of rotatable bonds is 5. The van der Waals surface area contributed by atoms with Crippen molar-refractivity contribution < 1.29 is 19.1 Å². The Balaban J connectivity index is 2.08. The minimum absolute atomic E-state index is 0.0452. The van der Waals surface area contributed by atoms with Gasteiger partial charge in [-0.05, 0) is 17.7 Å². The average Bonchev–Trinajstić information content (AvgIpc) is 2.94. The Bertz CT molecular complexity index is 602. The fraction of sp³-hybridized carbons (Fsp3) is 0.467. The monoisotopic (exact) mass is 292 g/mol. The molecule has 0 amide bonds. The van der Waals surface area contributed by atoms with Crippen molar-refractivity contribution in [3.8, 4) is 11.5 Å². The second kappa shape index (κ2) is 6.13. The maximum atomic E-state index is 9.11. The van der Waals surface area contributed by atoms with Gasteiger partial charge in [-0.25, -0.2) is 0 Å². The Morgan fingerprint density at radius 2 is 2.00 bits per heavy atom. The Labute approximate surface area is 123 Å². The van der Waals surface area contributed by atoms with E-state index in [0.29, 0.717) is 23.2 Å². The number of aliphatic hydroxyl groups excluding tert-OH is 1. The lowest BCUT2D eigenvalue weighted by molar-refractivity contribution is 0.263. The number of methoxy groups -OCH3 is 1. The van der Waals surface area contributed by atoms with Gasteiger partial charge in [0.2, 0.25) is 11.7 Å². The van der Waals surface area contributed by atoms with E-state index < -0.39 is 0 Å². The zero-order valence-corrected chi connectivity index (χ0v) is 12.7. The summed E-state index contributed by atoms with van der Waals surface area (Å²) in [6.07, 6.45) is 0. The van der Waals surface area contributed by atoms with Crippen LogP contribution in [0.3, 0.4) is 0 Å². The maximum absolute atomic E-state index is 9.11. The summed E-state index contributed by atoms with van der Waals surface area (Å²) in [4.78, 5) is 4.30. The van der Waals surface area contributed by atoms with E-state index in [2.05, 4.69) is 10.1 Å². The summed E-state index contributed by atoms with van der Waals surface area (Å²) in [5.74, 6) is 2.18. The van der Waals surface area contributed by atoms with Crippen LogP contribution in [0, 0.1) is 0 Å². The molecule has 0 aliphatic carbocycles. The first kappa shape index (κ1) is 15.3. The Hall–Kier alpha value is -2.08. The summed E-state index contributed by atoms with van der Waals surface area (Å²) >= 11 is 0. The van der Waals surface area contributed by atoms with Crippen molar-refractivity contribution in [3.63, 3.8) is 0 Å². The van der Waals surface area contributed by atoms with Crippen molar-refractivity contribution in [2.75, 3.05) is 7.11 Å². The highest BCUT2D eigenvalue weighted by atomic mass is 16.5. The van der Waals surface area contributed by atoms with Gasteiger partial charge in [-0.1, -0.05) is 32.0 Å². The molecule has 1 aromatic carbocycles. The Morgan fingerprint density at radius 3 is 2.57 bits per heavy atom. The van der Waals surface area contributed by atoms with Crippen LogP contribution in [-0.4, -0.2) is 22.4 Å². The molecule has 1 heterocycles. The van der Waals surface area contributed by atoms with Crippen LogP contribution in [0.25, 0.3) is 0 Å². The lowest BCUT2D eigenvalue weighted by Crippen LogP contribution is -2.11. The fourth-order valence-electron chi connectivity index (χ4n) is 1.69. The van der Waals surface area contributed by atoms with E-state index in [4.69, 9.17) is 19.1 Å². The largest absolute Gasteiger partial charge is 0.493 e. The highest BCUT2D eigenvalue weighted by Gasteiger charge is 2.22. The van der Waals surface area contributed by atoms with Crippen LogP contribution in [0.15, 0.2) is 22.7 Å². The van der Waals surface area contributed by atoms with Gasteiger partial charge in [-0.3, -0.25) is 0 Å². The topological polar surface area (TPSA) is 77.6 Å². The molecule has 0 spiro atoms. The highest BCUT2D eigenvalue weighted by Crippen LogP contribution is 2.29. The van der Waals surface area contributed by atoms with Crippen molar-refractivity contribution in [1.29, 1.82) is 0 Å². The SMILES string of the molecule is COc1cc(CO)ccc1OCc1noc(C(C)(C)C)n1. The predicted octanol–water partition coefficient (Wildman–Crippen LogP) is 2.45. The van der Waals surface area contributed by atoms with E-state index in [9.17, 15) is 0 Å². The van der Waals surface area contributed by atoms with Crippen LogP contribution < -0.4 is 9.47 Å². The van der Waals surface area contributed by atoms with E-state index in [1.165, 1.54) is 0 Å². The van der Waals surface area contributed by atoms with Gasteiger partial charge in [0.15, 0.2) is 18.1 Å². The number of aromatic nitrogens is 2. The van der Waals surface area contributed by atoms with Crippen LogP contribution in [0.2, 0.25) is 0 Å². The maximum Gasteiger partial charge on any atom is 0.232 e. The third-order valence-corrected chi connectivity index (χ3v) is 2.88. The smallest absolute Gasteiger partial charge is 0.232 e. The first-order valence-electron chi connectivity index (χ1n) is 6.67. The summed E-state index contributed by atoms with van der Waals surface area (Å²) < 4.78 is 16.1. The molecular formula is C15H20N2O4. The lowest BCUT2D eigenvalue weighted by atomic mass is 9.97. The van der Waals surface area contributed by atoms with E-state index >= 15 is 0 Å². The Morgan fingerprint density at radius 1 is 1.24 bits per heavy atom. The quantitative estimate of drug-likeness (QED) is 0.912. The van der Waals surface area contributed by atoms with Gasteiger partial charge >= 0.3 is 0 Å². The van der Waals surface area contributed by atoms with Crippen molar-refractivity contribution >= 4 is 0 Å². The molecule has 0 aliphatic heterocycles. The molecule has 0 bridgehead atoms. The average molecular weight is 292 g/mol. The minimum Gasteiger partial charge on any atom is -0.493 e. The van der Waals surface area contributed by atoms with Crippen LogP contribution in [-0.2, 0) is 18.6 Å².